The number of likely N-dealkylation sites (N-methyl/N-ethyl adjacent to an activating group) is 1. The Labute approximate surface area is 155 Å². The van der Waals surface area contributed by atoms with Crippen molar-refractivity contribution >= 4 is 23.6 Å². The van der Waals surface area contributed by atoms with Crippen LogP contribution in [0, 0.1) is 5.92 Å². The molecule has 144 valence electrons. The van der Waals surface area contributed by atoms with E-state index in [1.165, 1.54) is 23.9 Å². The number of amides is 2. The van der Waals surface area contributed by atoms with Gasteiger partial charge in [0.05, 0.1) is 11.3 Å². The summed E-state index contributed by atoms with van der Waals surface area (Å²) < 4.78 is 38.1. The summed E-state index contributed by atoms with van der Waals surface area (Å²) in [4.78, 5) is 27.4. The molecule has 8 heteroatoms. The van der Waals surface area contributed by atoms with Crippen LogP contribution in [-0.4, -0.2) is 47.5 Å². The lowest BCUT2D eigenvalue weighted by Gasteiger charge is -2.27. The second-order valence-corrected chi connectivity index (χ2v) is 7.85. The maximum absolute atomic E-state index is 12.7. The van der Waals surface area contributed by atoms with Crippen LogP contribution >= 0.6 is 11.8 Å². The Bertz CT molecular complexity index is 647. The van der Waals surface area contributed by atoms with Gasteiger partial charge in [0, 0.05) is 26.6 Å². The lowest BCUT2D eigenvalue weighted by atomic mass is 10.1. The van der Waals surface area contributed by atoms with E-state index >= 15 is 0 Å². The molecule has 1 aromatic carbocycles. The minimum Gasteiger partial charge on any atom is -0.344 e. The molecule has 0 N–H and O–H groups in total. The van der Waals surface area contributed by atoms with Crippen molar-refractivity contribution in [3.8, 4) is 0 Å². The van der Waals surface area contributed by atoms with Gasteiger partial charge < -0.3 is 9.80 Å². The minimum atomic E-state index is -4.38. The van der Waals surface area contributed by atoms with Crippen LogP contribution in [0.2, 0.25) is 0 Å². The number of hydrogen-bond donors (Lipinski definition) is 0. The lowest BCUT2D eigenvalue weighted by Crippen LogP contribution is -2.38. The van der Waals surface area contributed by atoms with Crippen molar-refractivity contribution in [3.63, 3.8) is 0 Å². The molecule has 4 nitrogen and oxygen atoms in total. The van der Waals surface area contributed by atoms with Crippen molar-refractivity contribution < 1.29 is 22.8 Å². The highest BCUT2D eigenvalue weighted by atomic mass is 32.2. The molecule has 1 aromatic rings. The lowest BCUT2D eigenvalue weighted by molar-refractivity contribution is -0.137. The molecule has 1 atom stereocenters. The highest BCUT2D eigenvalue weighted by Gasteiger charge is 2.34. The van der Waals surface area contributed by atoms with Gasteiger partial charge in [-0.15, -0.1) is 11.8 Å². The summed E-state index contributed by atoms with van der Waals surface area (Å²) >= 11 is 1.39. The van der Waals surface area contributed by atoms with Gasteiger partial charge in [-0.2, -0.15) is 13.2 Å². The van der Waals surface area contributed by atoms with Gasteiger partial charge in [0.25, 0.3) is 0 Å². The van der Waals surface area contributed by atoms with Crippen molar-refractivity contribution in [2.45, 2.75) is 31.8 Å². The molecule has 1 unspecified atom stereocenters. The first-order chi connectivity index (χ1) is 12.1. The van der Waals surface area contributed by atoms with Crippen LogP contribution in [0.4, 0.5) is 13.2 Å². The first kappa shape index (κ1) is 20.6. The van der Waals surface area contributed by atoms with Crippen molar-refractivity contribution in [2.75, 3.05) is 25.9 Å². The van der Waals surface area contributed by atoms with Gasteiger partial charge >= 0.3 is 6.18 Å². The molecule has 0 saturated carbocycles. The predicted octanol–water partition coefficient (Wildman–Crippen LogP) is 3.78. The second kappa shape index (κ2) is 8.33. The molecule has 0 spiro atoms. The highest BCUT2D eigenvalue weighted by molar-refractivity contribution is 8.00. The molecule has 1 heterocycles. The quantitative estimate of drug-likeness (QED) is 0.745. The molecular weight excluding hydrogens is 365 g/mol. The van der Waals surface area contributed by atoms with Gasteiger partial charge in [-0.05, 0) is 23.6 Å². The Morgan fingerprint density at radius 1 is 1.31 bits per heavy atom. The van der Waals surface area contributed by atoms with Crippen molar-refractivity contribution in [1.82, 2.24) is 9.80 Å². The number of thioether (sulfide) groups is 1. The summed E-state index contributed by atoms with van der Waals surface area (Å²) in [5.74, 6) is 0.499. The standard InChI is InChI=1S/C18H23F3N2O2S/c1-12(2)10-15(24)22(3)8-9-23-16(25)11-26-17(23)13-4-6-14(7-5-13)18(19,20)21/h4-7,12,17H,8-11H2,1-3H3. The average molecular weight is 388 g/mol. The van der Waals surface area contributed by atoms with Gasteiger partial charge in [-0.1, -0.05) is 26.0 Å². The van der Waals surface area contributed by atoms with E-state index < -0.39 is 11.7 Å². The maximum Gasteiger partial charge on any atom is 0.416 e. The summed E-state index contributed by atoms with van der Waals surface area (Å²) in [6.07, 6.45) is -3.93. The molecule has 2 amide bonds. The third-order valence-corrected chi connectivity index (χ3v) is 5.43. The fourth-order valence-electron chi connectivity index (χ4n) is 2.70. The van der Waals surface area contributed by atoms with Crippen LogP contribution in [0.25, 0.3) is 0 Å². The number of nitrogens with zero attached hydrogens (tertiary/aromatic N) is 2. The zero-order valence-corrected chi connectivity index (χ0v) is 15.9. The topological polar surface area (TPSA) is 40.6 Å². The van der Waals surface area contributed by atoms with E-state index in [4.69, 9.17) is 0 Å². The van der Waals surface area contributed by atoms with Crippen LogP contribution < -0.4 is 0 Å². The van der Waals surface area contributed by atoms with E-state index in [1.807, 2.05) is 13.8 Å². The Morgan fingerprint density at radius 2 is 1.92 bits per heavy atom. The predicted molar refractivity (Wildman–Crippen MR) is 95.4 cm³/mol. The Balaban J connectivity index is 2.03. The zero-order chi connectivity index (χ0) is 19.5. The molecule has 1 fully saturated rings. The molecule has 0 aliphatic carbocycles. The Kier molecular flexibility index (Phi) is 6.60. The fourth-order valence-corrected chi connectivity index (χ4v) is 3.92. The number of rotatable bonds is 6. The molecule has 1 aliphatic rings. The number of alkyl halides is 3. The van der Waals surface area contributed by atoms with E-state index in [0.717, 1.165) is 12.1 Å². The monoisotopic (exact) mass is 388 g/mol. The molecular formula is C18H23F3N2O2S. The molecule has 1 aliphatic heterocycles. The summed E-state index contributed by atoms with van der Waals surface area (Å²) in [6.45, 7) is 4.69. The van der Waals surface area contributed by atoms with Gasteiger partial charge in [0.15, 0.2) is 0 Å². The first-order valence-corrected chi connectivity index (χ1v) is 9.46. The van der Waals surface area contributed by atoms with E-state index in [0.29, 0.717) is 25.1 Å². The van der Waals surface area contributed by atoms with Gasteiger partial charge in [-0.25, -0.2) is 0 Å². The highest BCUT2D eigenvalue weighted by Crippen LogP contribution is 2.39. The van der Waals surface area contributed by atoms with Crippen LogP contribution in [0.5, 0.6) is 0 Å². The zero-order valence-electron chi connectivity index (χ0n) is 15.0. The summed E-state index contributed by atoms with van der Waals surface area (Å²) in [5.41, 5.74) is -0.0499. The summed E-state index contributed by atoms with van der Waals surface area (Å²) in [6, 6.07) is 4.91. The number of carbonyl (C=O) groups excluding carboxylic acids is 2. The SMILES string of the molecule is CC(C)CC(=O)N(C)CCN1C(=O)CSC1c1ccc(C(F)(F)F)cc1. The largest absolute Gasteiger partial charge is 0.416 e. The Hall–Kier alpha value is -1.70. The second-order valence-electron chi connectivity index (χ2n) is 6.78. The van der Waals surface area contributed by atoms with Crippen molar-refractivity contribution in [1.29, 1.82) is 0 Å². The number of benzene rings is 1. The molecule has 26 heavy (non-hydrogen) atoms. The van der Waals surface area contributed by atoms with Crippen LogP contribution in [0.15, 0.2) is 24.3 Å². The first-order valence-electron chi connectivity index (χ1n) is 8.41. The van der Waals surface area contributed by atoms with Crippen molar-refractivity contribution in [2.24, 2.45) is 5.92 Å². The molecule has 0 aromatic heterocycles. The summed E-state index contributed by atoms with van der Waals surface area (Å²) in [7, 11) is 1.70. The number of carbonyl (C=O) groups is 2. The van der Waals surface area contributed by atoms with E-state index in [1.54, 1.807) is 16.8 Å². The van der Waals surface area contributed by atoms with Crippen molar-refractivity contribution in [3.05, 3.63) is 35.4 Å². The van der Waals surface area contributed by atoms with E-state index in [9.17, 15) is 22.8 Å². The van der Waals surface area contributed by atoms with E-state index in [2.05, 4.69) is 0 Å². The molecule has 0 bridgehead atoms. The van der Waals surface area contributed by atoms with E-state index in [-0.39, 0.29) is 28.9 Å². The van der Waals surface area contributed by atoms with Crippen LogP contribution in [0.3, 0.4) is 0 Å². The van der Waals surface area contributed by atoms with Gasteiger partial charge in [0.2, 0.25) is 11.8 Å². The van der Waals surface area contributed by atoms with Crippen LogP contribution in [0.1, 0.15) is 36.8 Å². The van der Waals surface area contributed by atoms with Crippen LogP contribution in [-0.2, 0) is 15.8 Å². The number of halogens is 3. The third kappa shape index (κ3) is 5.16. The van der Waals surface area contributed by atoms with Gasteiger partial charge in [-0.3, -0.25) is 9.59 Å². The summed E-state index contributed by atoms with van der Waals surface area (Å²) in [5, 5.41) is -0.321. The minimum absolute atomic E-state index is 0.0189. The molecule has 0 radical (unpaired) electrons. The fraction of sp³-hybridized carbons (Fsp3) is 0.556. The Morgan fingerprint density at radius 3 is 2.46 bits per heavy atom. The normalized spacial score (nSPS) is 17.9. The maximum atomic E-state index is 12.7. The number of hydrogen-bond acceptors (Lipinski definition) is 3. The molecule has 2 rings (SSSR count). The third-order valence-electron chi connectivity index (χ3n) is 4.18. The smallest absolute Gasteiger partial charge is 0.344 e. The average Bonchev–Trinajstić information content (AvgIpc) is 2.92. The van der Waals surface area contributed by atoms with Gasteiger partial charge in [0.1, 0.15) is 5.37 Å². The molecule has 1 saturated heterocycles.